The highest BCUT2D eigenvalue weighted by atomic mass is 16.6. The molecule has 1 saturated heterocycles. The molecule has 5 heteroatoms. The first-order valence-corrected chi connectivity index (χ1v) is 5.29. The van der Waals surface area contributed by atoms with Gasteiger partial charge in [-0.1, -0.05) is 6.08 Å². The van der Waals surface area contributed by atoms with E-state index in [1.165, 1.54) is 7.11 Å². The van der Waals surface area contributed by atoms with Gasteiger partial charge in [-0.25, -0.2) is 4.79 Å². The molecule has 0 N–H and O–H groups in total. The predicted octanol–water partition coefficient (Wildman–Crippen LogP) is 0.436. The van der Waals surface area contributed by atoms with Crippen LogP contribution in [-0.2, 0) is 23.8 Å². The first kappa shape index (κ1) is 11.1. The summed E-state index contributed by atoms with van der Waals surface area (Å²) in [5.41, 5.74) is 0.433. The molecule has 2 aliphatic heterocycles. The van der Waals surface area contributed by atoms with Crippen LogP contribution in [0.25, 0.3) is 0 Å². The largest absolute Gasteiger partial charge is 0.466 e. The fourth-order valence-corrected chi connectivity index (χ4v) is 2.15. The van der Waals surface area contributed by atoms with Crippen LogP contribution >= 0.6 is 0 Å². The number of methoxy groups -OCH3 is 1. The van der Waals surface area contributed by atoms with Crippen molar-refractivity contribution in [1.82, 2.24) is 0 Å². The van der Waals surface area contributed by atoms with E-state index >= 15 is 0 Å². The third-order valence-electron chi connectivity index (χ3n) is 2.89. The van der Waals surface area contributed by atoms with Gasteiger partial charge >= 0.3 is 11.9 Å². The first-order valence-electron chi connectivity index (χ1n) is 5.29. The molecule has 3 aliphatic rings. The molecule has 0 saturated carbocycles. The minimum absolute atomic E-state index is 0.176. The maximum atomic E-state index is 11.5. The Bertz CT molecular complexity index is 346. The Kier molecular flexibility index (Phi) is 2.96. The molecule has 3 atom stereocenters. The second-order valence-electron chi connectivity index (χ2n) is 3.79. The number of carbonyl (C=O) groups is 2. The van der Waals surface area contributed by atoms with E-state index in [-0.39, 0.29) is 12.1 Å². The molecule has 2 bridgehead atoms. The molecule has 0 aromatic heterocycles. The molecule has 16 heavy (non-hydrogen) atoms. The molecule has 0 unspecified atom stereocenters. The van der Waals surface area contributed by atoms with E-state index in [4.69, 9.17) is 9.47 Å². The minimum atomic E-state index is -0.513. The Morgan fingerprint density at radius 1 is 1.62 bits per heavy atom. The summed E-state index contributed by atoms with van der Waals surface area (Å²) in [4.78, 5) is 22.9. The molecule has 3 rings (SSSR count). The Morgan fingerprint density at radius 3 is 2.94 bits per heavy atom. The lowest BCUT2D eigenvalue weighted by atomic mass is 9.82. The SMILES string of the molecule is CCO[C@@H]1C[C@@H]2OC(=O)[C@H]1C=C2C(=O)OC. The highest BCUT2D eigenvalue weighted by Crippen LogP contribution is 2.35. The highest BCUT2D eigenvalue weighted by Gasteiger charge is 2.46. The zero-order valence-electron chi connectivity index (χ0n) is 9.26. The van der Waals surface area contributed by atoms with Crippen molar-refractivity contribution >= 4 is 11.9 Å². The summed E-state index contributed by atoms with van der Waals surface area (Å²) < 4.78 is 15.2. The lowest BCUT2D eigenvalue weighted by Gasteiger charge is -2.38. The van der Waals surface area contributed by atoms with Crippen molar-refractivity contribution in [2.45, 2.75) is 25.6 Å². The summed E-state index contributed by atoms with van der Waals surface area (Å²) in [5.74, 6) is -1.22. The van der Waals surface area contributed by atoms with Crippen molar-refractivity contribution in [2.24, 2.45) is 5.92 Å². The monoisotopic (exact) mass is 226 g/mol. The van der Waals surface area contributed by atoms with Gasteiger partial charge in [-0.3, -0.25) is 4.79 Å². The van der Waals surface area contributed by atoms with Gasteiger partial charge in [0.05, 0.1) is 18.8 Å². The molecule has 1 fully saturated rings. The smallest absolute Gasteiger partial charge is 0.337 e. The number of esters is 2. The van der Waals surface area contributed by atoms with Gasteiger partial charge < -0.3 is 14.2 Å². The summed E-state index contributed by atoms with van der Waals surface area (Å²) in [6, 6.07) is 0. The Morgan fingerprint density at radius 2 is 2.38 bits per heavy atom. The van der Waals surface area contributed by atoms with Crippen LogP contribution in [0.4, 0.5) is 0 Å². The van der Waals surface area contributed by atoms with Gasteiger partial charge in [0.25, 0.3) is 0 Å². The van der Waals surface area contributed by atoms with Crippen molar-refractivity contribution in [3.8, 4) is 0 Å². The van der Waals surface area contributed by atoms with Gasteiger partial charge in [0.2, 0.25) is 0 Å². The van der Waals surface area contributed by atoms with Crippen LogP contribution in [0.15, 0.2) is 11.6 Å². The van der Waals surface area contributed by atoms with Crippen molar-refractivity contribution in [2.75, 3.05) is 13.7 Å². The van der Waals surface area contributed by atoms with Gasteiger partial charge in [0.1, 0.15) is 12.0 Å². The van der Waals surface area contributed by atoms with Gasteiger partial charge in [0.15, 0.2) is 0 Å². The minimum Gasteiger partial charge on any atom is -0.466 e. The van der Waals surface area contributed by atoms with Crippen LogP contribution in [-0.4, -0.2) is 37.9 Å². The molecular weight excluding hydrogens is 212 g/mol. The number of hydrogen-bond acceptors (Lipinski definition) is 5. The van der Waals surface area contributed by atoms with Crippen LogP contribution in [0, 0.1) is 5.92 Å². The van der Waals surface area contributed by atoms with Crippen LogP contribution in [0.2, 0.25) is 0 Å². The second kappa shape index (κ2) is 4.25. The fraction of sp³-hybridized carbons (Fsp3) is 0.636. The lowest BCUT2D eigenvalue weighted by molar-refractivity contribution is -0.171. The number of hydrogen-bond donors (Lipinski definition) is 0. The molecule has 88 valence electrons. The Balaban J connectivity index is 2.22. The number of rotatable bonds is 3. The quantitative estimate of drug-likeness (QED) is 0.653. The van der Waals surface area contributed by atoms with Crippen molar-refractivity contribution in [3.05, 3.63) is 11.6 Å². The lowest BCUT2D eigenvalue weighted by Crippen LogP contribution is -2.48. The molecule has 2 heterocycles. The third kappa shape index (κ3) is 1.71. The fourth-order valence-electron chi connectivity index (χ4n) is 2.15. The van der Waals surface area contributed by atoms with Gasteiger partial charge in [0, 0.05) is 13.0 Å². The summed E-state index contributed by atoms with van der Waals surface area (Å²) in [7, 11) is 1.31. The summed E-state index contributed by atoms with van der Waals surface area (Å²) in [5, 5.41) is 0. The van der Waals surface area contributed by atoms with E-state index in [1.54, 1.807) is 6.08 Å². The van der Waals surface area contributed by atoms with E-state index in [1.807, 2.05) is 6.92 Å². The Hall–Kier alpha value is -1.36. The number of ether oxygens (including phenoxy) is 3. The average molecular weight is 226 g/mol. The van der Waals surface area contributed by atoms with Crippen LogP contribution in [0.1, 0.15) is 13.3 Å². The molecule has 0 spiro atoms. The number of carbonyl (C=O) groups excluding carboxylic acids is 2. The molecule has 5 nitrogen and oxygen atoms in total. The first-order chi connectivity index (χ1) is 7.67. The van der Waals surface area contributed by atoms with Crippen molar-refractivity contribution in [1.29, 1.82) is 0 Å². The molecule has 1 aliphatic carbocycles. The summed E-state index contributed by atoms with van der Waals surface area (Å²) in [6.07, 6.45) is 1.46. The maximum Gasteiger partial charge on any atom is 0.337 e. The maximum absolute atomic E-state index is 11.5. The van der Waals surface area contributed by atoms with Gasteiger partial charge in [-0.05, 0) is 6.92 Å². The van der Waals surface area contributed by atoms with Gasteiger partial charge in [-0.2, -0.15) is 0 Å². The van der Waals surface area contributed by atoms with Crippen molar-refractivity contribution < 1.29 is 23.8 Å². The average Bonchev–Trinajstić information content (AvgIpc) is 2.28. The van der Waals surface area contributed by atoms with E-state index in [9.17, 15) is 9.59 Å². The van der Waals surface area contributed by atoms with E-state index < -0.39 is 18.0 Å². The Labute approximate surface area is 93.4 Å². The standard InChI is InChI=1S/C11H14O5/c1-3-15-8-5-9-7(10(12)14-2)4-6(8)11(13)16-9/h4,6,8-9H,3,5H2,1-2H3/t6-,8+,9-/m0/s1. The third-order valence-corrected chi connectivity index (χ3v) is 2.89. The zero-order valence-corrected chi connectivity index (χ0v) is 9.26. The summed E-state index contributed by atoms with van der Waals surface area (Å²) in [6.45, 7) is 2.42. The normalized spacial score (nSPS) is 32.0. The van der Waals surface area contributed by atoms with E-state index in [0.29, 0.717) is 18.6 Å². The topological polar surface area (TPSA) is 61.8 Å². The highest BCUT2D eigenvalue weighted by molar-refractivity contribution is 5.93. The summed E-state index contributed by atoms with van der Waals surface area (Å²) >= 11 is 0. The molecular formula is C11H14O5. The van der Waals surface area contributed by atoms with E-state index in [0.717, 1.165) is 0 Å². The van der Waals surface area contributed by atoms with Crippen molar-refractivity contribution in [3.63, 3.8) is 0 Å². The predicted molar refractivity (Wildman–Crippen MR) is 53.5 cm³/mol. The second-order valence-corrected chi connectivity index (χ2v) is 3.79. The van der Waals surface area contributed by atoms with Crippen LogP contribution in [0.5, 0.6) is 0 Å². The van der Waals surface area contributed by atoms with Gasteiger partial charge in [-0.15, -0.1) is 0 Å². The van der Waals surface area contributed by atoms with Crippen LogP contribution in [0.3, 0.4) is 0 Å². The molecule has 0 radical (unpaired) electrons. The molecule has 0 amide bonds. The van der Waals surface area contributed by atoms with Crippen LogP contribution < -0.4 is 0 Å². The molecule has 0 aromatic rings. The zero-order chi connectivity index (χ0) is 11.7. The van der Waals surface area contributed by atoms with E-state index in [2.05, 4.69) is 4.74 Å². The number of fused-ring (bicyclic) bond motifs is 2. The molecule has 0 aromatic carbocycles.